The number of nitriles is 1. The van der Waals surface area contributed by atoms with Crippen LogP contribution in [0.5, 0.6) is 0 Å². The van der Waals surface area contributed by atoms with Crippen molar-refractivity contribution in [3.63, 3.8) is 0 Å². The van der Waals surface area contributed by atoms with E-state index in [4.69, 9.17) is 0 Å². The molecule has 10 heteroatoms. The predicted molar refractivity (Wildman–Crippen MR) is 164 cm³/mol. The molecule has 1 fully saturated rings. The molecule has 1 aromatic heterocycles. The summed E-state index contributed by atoms with van der Waals surface area (Å²) in [5, 5.41) is 9.66. The maximum atomic E-state index is 14.5. The first-order valence-corrected chi connectivity index (χ1v) is 15.7. The Morgan fingerprint density at radius 3 is 2.45 bits per heavy atom. The molecule has 0 bridgehead atoms. The van der Waals surface area contributed by atoms with Gasteiger partial charge in [0.1, 0.15) is 5.82 Å². The Balaban J connectivity index is 1.38. The standard InChI is InChI=1S/C32H35N7O2S/c1-36-15-17-37(18-16-36)28-8-10-30(11-9-28)42(40,41)39-22-27-19-26(21-33)7-12-31(27)38(24-32-34-13-14-35-32)23-29(39)20-25-5-3-2-4-6-25/h2-14,19,29H,15-18,20,22-24H2,1H3,(H,34,35)/t29-/m1/s1. The van der Waals surface area contributed by atoms with Crippen molar-refractivity contribution in [2.24, 2.45) is 0 Å². The molecule has 0 unspecified atom stereocenters. The van der Waals surface area contributed by atoms with Crippen LogP contribution in [0.25, 0.3) is 0 Å². The minimum atomic E-state index is -3.89. The van der Waals surface area contributed by atoms with E-state index in [0.29, 0.717) is 25.1 Å². The number of sulfonamides is 1. The maximum absolute atomic E-state index is 14.5. The highest BCUT2D eigenvalue weighted by molar-refractivity contribution is 7.89. The van der Waals surface area contributed by atoms with Crippen LogP contribution >= 0.6 is 0 Å². The highest BCUT2D eigenvalue weighted by atomic mass is 32.2. The van der Waals surface area contributed by atoms with E-state index >= 15 is 0 Å². The van der Waals surface area contributed by atoms with Crippen LogP contribution in [-0.4, -0.2) is 73.4 Å². The van der Waals surface area contributed by atoms with Gasteiger partial charge in [0, 0.05) is 69.1 Å². The van der Waals surface area contributed by atoms with E-state index in [9.17, 15) is 13.7 Å². The molecule has 0 aliphatic carbocycles. The minimum Gasteiger partial charge on any atom is -0.369 e. The minimum absolute atomic E-state index is 0.166. The molecule has 42 heavy (non-hydrogen) atoms. The van der Waals surface area contributed by atoms with Gasteiger partial charge < -0.3 is 19.7 Å². The molecule has 1 saturated heterocycles. The summed E-state index contributed by atoms with van der Waals surface area (Å²) in [6.45, 7) is 4.91. The van der Waals surface area contributed by atoms with Crippen LogP contribution in [0.1, 0.15) is 22.5 Å². The lowest BCUT2D eigenvalue weighted by Gasteiger charge is -2.34. The van der Waals surface area contributed by atoms with Gasteiger partial charge in [-0.15, -0.1) is 0 Å². The average Bonchev–Trinajstić information content (AvgIpc) is 3.48. The van der Waals surface area contributed by atoms with Crippen LogP contribution in [0, 0.1) is 11.3 Å². The van der Waals surface area contributed by atoms with Gasteiger partial charge in [0.2, 0.25) is 10.0 Å². The van der Waals surface area contributed by atoms with Gasteiger partial charge in [-0.2, -0.15) is 9.57 Å². The molecule has 3 aromatic carbocycles. The fraction of sp³-hybridized carbons (Fsp3) is 0.312. The summed E-state index contributed by atoms with van der Waals surface area (Å²) in [5.74, 6) is 0.791. The second kappa shape index (κ2) is 12.0. The third-order valence-corrected chi connectivity index (χ3v) is 10.1. The van der Waals surface area contributed by atoms with Gasteiger partial charge in [0.25, 0.3) is 0 Å². The lowest BCUT2D eigenvalue weighted by Crippen LogP contribution is -2.45. The zero-order chi connectivity index (χ0) is 29.1. The predicted octanol–water partition coefficient (Wildman–Crippen LogP) is 3.86. The van der Waals surface area contributed by atoms with E-state index in [0.717, 1.165) is 54.5 Å². The van der Waals surface area contributed by atoms with E-state index in [1.54, 1.807) is 34.9 Å². The molecule has 2 aliphatic rings. The van der Waals surface area contributed by atoms with Crippen molar-refractivity contribution in [1.29, 1.82) is 5.26 Å². The van der Waals surface area contributed by atoms with Crippen molar-refractivity contribution in [3.8, 4) is 6.07 Å². The highest BCUT2D eigenvalue weighted by Gasteiger charge is 2.37. The zero-order valence-electron chi connectivity index (χ0n) is 23.7. The first-order valence-electron chi connectivity index (χ1n) is 14.3. The normalized spacial score (nSPS) is 18.3. The molecule has 3 heterocycles. The summed E-state index contributed by atoms with van der Waals surface area (Å²) in [4.78, 5) is 14.7. The fourth-order valence-electron chi connectivity index (χ4n) is 5.91. The molecule has 1 N–H and O–H groups in total. The second-order valence-electron chi connectivity index (χ2n) is 11.0. The fourth-order valence-corrected chi connectivity index (χ4v) is 7.50. The van der Waals surface area contributed by atoms with Crippen LogP contribution in [0.15, 0.2) is 90.1 Å². The Morgan fingerprint density at radius 2 is 1.76 bits per heavy atom. The number of nitrogens with one attached hydrogen (secondary N) is 1. The Kier molecular flexibility index (Phi) is 7.98. The smallest absolute Gasteiger partial charge is 0.243 e. The lowest BCUT2D eigenvalue weighted by atomic mass is 10.1. The number of H-pyrrole nitrogens is 1. The summed E-state index contributed by atoms with van der Waals surface area (Å²) in [7, 11) is -1.77. The molecular formula is C32H35N7O2S. The van der Waals surface area contributed by atoms with Crippen molar-refractivity contribution in [2.75, 3.05) is 49.6 Å². The quantitative estimate of drug-likeness (QED) is 0.354. The van der Waals surface area contributed by atoms with Crippen LogP contribution in [0.4, 0.5) is 11.4 Å². The number of likely N-dealkylation sites (N-methyl/N-ethyl adjacent to an activating group) is 1. The third kappa shape index (κ3) is 5.90. The van der Waals surface area contributed by atoms with Crippen LogP contribution < -0.4 is 9.80 Å². The van der Waals surface area contributed by atoms with E-state index in [1.165, 1.54) is 0 Å². The first-order chi connectivity index (χ1) is 20.4. The number of imidazole rings is 1. The number of nitrogens with zero attached hydrogens (tertiary/aromatic N) is 6. The van der Waals surface area contributed by atoms with Crippen molar-refractivity contribution in [3.05, 3.63) is 108 Å². The van der Waals surface area contributed by atoms with Gasteiger partial charge in [-0.25, -0.2) is 13.4 Å². The number of hydrogen-bond donors (Lipinski definition) is 1. The molecule has 216 valence electrons. The Bertz CT molecular complexity index is 1640. The number of piperazine rings is 1. The maximum Gasteiger partial charge on any atom is 0.243 e. The molecule has 9 nitrogen and oxygen atoms in total. The van der Waals surface area contributed by atoms with Crippen molar-refractivity contribution >= 4 is 21.4 Å². The van der Waals surface area contributed by atoms with Crippen LogP contribution in [-0.2, 0) is 29.5 Å². The Hall–Kier alpha value is -4.17. The molecule has 6 rings (SSSR count). The second-order valence-corrected chi connectivity index (χ2v) is 12.9. The first kappa shape index (κ1) is 28.0. The van der Waals surface area contributed by atoms with Crippen molar-refractivity contribution in [2.45, 2.75) is 30.4 Å². The molecule has 0 amide bonds. The SMILES string of the molecule is CN1CCN(c2ccc(S(=O)(=O)N3Cc4cc(C#N)ccc4N(Cc4ncc[nH]4)C[C@H]3Cc3ccccc3)cc2)CC1. The number of anilines is 2. The van der Waals surface area contributed by atoms with E-state index < -0.39 is 10.0 Å². The van der Waals surface area contributed by atoms with Crippen LogP contribution in [0.2, 0.25) is 0 Å². The number of rotatable bonds is 7. The third-order valence-electron chi connectivity index (χ3n) is 8.24. The van der Waals surface area contributed by atoms with Gasteiger partial charge in [-0.1, -0.05) is 30.3 Å². The van der Waals surface area contributed by atoms with Gasteiger partial charge in [0.15, 0.2) is 0 Å². The molecular weight excluding hydrogens is 546 g/mol. The van der Waals surface area contributed by atoms with Gasteiger partial charge in [0.05, 0.1) is 23.1 Å². The summed E-state index contributed by atoms with van der Waals surface area (Å²) in [6.07, 6.45) is 4.06. The summed E-state index contributed by atoms with van der Waals surface area (Å²) in [5.41, 5.74) is 4.31. The Morgan fingerprint density at radius 1 is 1.00 bits per heavy atom. The number of benzene rings is 3. The molecule has 0 radical (unpaired) electrons. The summed E-state index contributed by atoms with van der Waals surface area (Å²) < 4.78 is 30.6. The average molecular weight is 582 g/mol. The molecule has 0 saturated carbocycles. The molecule has 0 spiro atoms. The number of aromatic amines is 1. The van der Waals surface area contributed by atoms with Crippen LogP contribution in [0.3, 0.4) is 0 Å². The monoisotopic (exact) mass is 581 g/mol. The number of fused-ring (bicyclic) bond motifs is 1. The van der Waals surface area contributed by atoms with E-state index in [1.807, 2.05) is 54.6 Å². The van der Waals surface area contributed by atoms with E-state index in [2.05, 4.69) is 37.8 Å². The molecule has 2 aliphatic heterocycles. The highest BCUT2D eigenvalue weighted by Crippen LogP contribution is 2.34. The van der Waals surface area contributed by atoms with Crippen molar-refractivity contribution < 1.29 is 8.42 Å². The number of hydrogen-bond acceptors (Lipinski definition) is 7. The Labute approximate surface area is 247 Å². The molecule has 1 atom stereocenters. The van der Waals surface area contributed by atoms with Gasteiger partial charge in [-0.3, -0.25) is 0 Å². The summed E-state index contributed by atoms with van der Waals surface area (Å²) >= 11 is 0. The zero-order valence-corrected chi connectivity index (χ0v) is 24.5. The van der Waals surface area contributed by atoms with Crippen molar-refractivity contribution in [1.82, 2.24) is 19.2 Å². The summed E-state index contributed by atoms with van der Waals surface area (Å²) in [6, 6.07) is 24.7. The topological polar surface area (TPSA) is 99.6 Å². The molecule has 4 aromatic rings. The largest absolute Gasteiger partial charge is 0.369 e. The number of aromatic nitrogens is 2. The van der Waals surface area contributed by atoms with Gasteiger partial charge in [-0.05, 0) is 67.1 Å². The van der Waals surface area contributed by atoms with Gasteiger partial charge >= 0.3 is 0 Å². The van der Waals surface area contributed by atoms with E-state index in [-0.39, 0.29) is 17.5 Å². The lowest BCUT2D eigenvalue weighted by molar-refractivity contribution is 0.313.